The van der Waals surface area contributed by atoms with Crippen LogP contribution in [0, 0.1) is 17.8 Å². The molecule has 2 aromatic rings. The van der Waals surface area contributed by atoms with E-state index in [-0.39, 0.29) is 5.92 Å². The lowest BCUT2D eigenvalue weighted by Crippen LogP contribution is -2.41. The van der Waals surface area contributed by atoms with Crippen LogP contribution in [-0.4, -0.2) is 29.2 Å². The van der Waals surface area contributed by atoms with E-state index in [2.05, 4.69) is 53.1 Å². The van der Waals surface area contributed by atoms with Crippen molar-refractivity contribution < 1.29 is 5.11 Å². The first-order valence-electron chi connectivity index (χ1n) is 11.7. The van der Waals surface area contributed by atoms with Crippen molar-refractivity contribution in [1.82, 2.24) is 4.90 Å². The first kappa shape index (κ1) is 26.0. The monoisotopic (exact) mass is 527 g/mol. The highest BCUT2D eigenvalue weighted by atomic mass is 79.9. The summed E-state index contributed by atoms with van der Waals surface area (Å²) in [5, 5.41) is 14.1. The van der Waals surface area contributed by atoms with Crippen LogP contribution in [-0.2, 0) is 6.54 Å². The molecule has 176 valence electrons. The molecule has 0 aliphatic carbocycles. The Morgan fingerprint density at radius 1 is 1.30 bits per heavy atom. The van der Waals surface area contributed by atoms with Crippen LogP contribution in [0.2, 0.25) is 5.02 Å². The average Bonchev–Trinajstić information content (AvgIpc) is 2.80. The van der Waals surface area contributed by atoms with Crippen molar-refractivity contribution in [2.45, 2.75) is 39.3 Å². The Morgan fingerprint density at radius 2 is 2.06 bits per heavy atom. The van der Waals surface area contributed by atoms with Crippen LogP contribution in [0.25, 0.3) is 12.2 Å². The largest absolute Gasteiger partial charge is 0.388 e. The van der Waals surface area contributed by atoms with Crippen LogP contribution in [0.15, 0.2) is 71.7 Å². The van der Waals surface area contributed by atoms with Crippen LogP contribution in [0.1, 0.15) is 32.3 Å². The van der Waals surface area contributed by atoms with Gasteiger partial charge in [-0.1, -0.05) is 89.6 Å². The third kappa shape index (κ3) is 6.70. The molecule has 3 unspecified atom stereocenters. The smallest absolute Gasteiger partial charge is 0.0821 e. The summed E-state index contributed by atoms with van der Waals surface area (Å²) in [5.41, 5.74) is 2.11. The highest BCUT2D eigenvalue weighted by molar-refractivity contribution is 9.10. The third-order valence-corrected chi connectivity index (χ3v) is 7.65. The molecule has 2 nitrogen and oxygen atoms in total. The van der Waals surface area contributed by atoms with Crippen LogP contribution >= 0.6 is 27.5 Å². The zero-order valence-electron chi connectivity index (χ0n) is 19.7. The fourth-order valence-corrected chi connectivity index (χ4v) is 5.67. The topological polar surface area (TPSA) is 23.5 Å². The van der Waals surface area contributed by atoms with E-state index in [1.54, 1.807) is 0 Å². The molecular weight excluding hydrogens is 494 g/mol. The molecule has 0 bridgehead atoms. The maximum atomic E-state index is 11.3. The Kier molecular flexibility index (Phi) is 9.57. The van der Waals surface area contributed by atoms with Gasteiger partial charge in [-0.3, -0.25) is 4.90 Å². The Balaban J connectivity index is 1.70. The Morgan fingerprint density at radius 3 is 2.73 bits per heavy atom. The molecule has 0 aromatic heterocycles. The van der Waals surface area contributed by atoms with E-state index in [1.807, 2.05) is 55.5 Å². The standard InChI is InChI=1S/C29H35BrClNO/c1-5-9-27(26-11-8-7-10-20(26)3)29(33)21(4)16-23-14-15-32(18-22(23)6-2)19-24-12-13-25(30)17-28(24)31/h5-13,17,21-23,29,33H,2-3,14-16,18-19H2,1,4H3/b9-5-,27-26+/t21?,22?,23?,29-/m0/s1. The van der Waals surface area contributed by atoms with Crippen molar-refractivity contribution in [1.29, 1.82) is 0 Å². The molecule has 1 saturated heterocycles. The van der Waals surface area contributed by atoms with Crippen molar-refractivity contribution in [3.63, 3.8) is 0 Å². The second-order valence-electron chi connectivity index (χ2n) is 9.19. The van der Waals surface area contributed by atoms with Gasteiger partial charge in [-0.25, -0.2) is 0 Å². The van der Waals surface area contributed by atoms with E-state index >= 15 is 0 Å². The van der Waals surface area contributed by atoms with Gasteiger partial charge in [0.15, 0.2) is 0 Å². The number of halogens is 2. The number of allylic oxidation sites excluding steroid dienone is 1. The molecular formula is C29H35BrClNO. The van der Waals surface area contributed by atoms with Crippen molar-refractivity contribution >= 4 is 39.7 Å². The fourth-order valence-electron chi connectivity index (χ4n) is 4.94. The Hall–Kier alpha value is -1.65. The molecule has 33 heavy (non-hydrogen) atoms. The molecule has 3 rings (SSSR count). The Bertz CT molecular complexity index is 1100. The minimum absolute atomic E-state index is 0.135. The molecule has 0 spiro atoms. The summed E-state index contributed by atoms with van der Waals surface area (Å²) in [7, 11) is 0. The van der Waals surface area contributed by atoms with Crippen LogP contribution in [0.5, 0.6) is 0 Å². The van der Waals surface area contributed by atoms with Gasteiger partial charge in [-0.15, -0.1) is 6.58 Å². The summed E-state index contributed by atoms with van der Waals surface area (Å²) >= 11 is 9.93. The molecule has 0 saturated carbocycles. The van der Waals surface area contributed by atoms with E-state index in [1.165, 1.54) is 0 Å². The van der Waals surface area contributed by atoms with Gasteiger partial charge in [-0.2, -0.15) is 0 Å². The molecule has 4 atom stereocenters. The number of benzene rings is 2. The van der Waals surface area contributed by atoms with Gasteiger partial charge in [0.2, 0.25) is 0 Å². The normalized spacial score (nSPS) is 22.2. The highest BCUT2D eigenvalue weighted by Crippen LogP contribution is 2.33. The van der Waals surface area contributed by atoms with Gasteiger partial charge in [0.1, 0.15) is 0 Å². The third-order valence-electron chi connectivity index (χ3n) is 6.81. The van der Waals surface area contributed by atoms with Crippen molar-refractivity contribution in [2.75, 3.05) is 13.1 Å². The van der Waals surface area contributed by atoms with Crippen molar-refractivity contribution in [3.8, 4) is 0 Å². The quantitative estimate of drug-likeness (QED) is 0.428. The second-order valence-corrected chi connectivity index (χ2v) is 10.5. The summed E-state index contributed by atoms with van der Waals surface area (Å²) in [4.78, 5) is 2.47. The van der Waals surface area contributed by atoms with Gasteiger partial charge in [0.25, 0.3) is 0 Å². The summed E-state index contributed by atoms with van der Waals surface area (Å²) in [6.07, 6.45) is 7.64. The van der Waals surface area contributed by atoms with Gasteiger partial charge in [-0.05, 0) is 77.8 Å². The van der Waals surface area contributed by atoms with Crippen molar-refractivity contribution in [3.05, 3.63) is 92.8 Å². The van der Waals surface area contributed by atoms with Crippen molar-refractivity contribution in [2.24, 2.45) is 17.8 Å². The molecule has 1 fully saturated rings. The first-order chi connectivity index (χ1) is 15.8. The van der Waals surface area contributed by atoms with Gasteiger partial charge < -0.3 is 5.11 Å². The molecule has 1 heterocycles. The molecule has 2 aromatic carbocycles. The van der Waals surface area contributed by atoms with E-state index in [4.69, 9.17) is 11.6 Å². The zero-order chi connectivity index (χ0) is 24.0. The maximum absolute atomic E-state index is 11.3. The molecule has 4 heteroatoms. The number of piperidine rings is 1. The summed E-state index contributed by atoms with van der Waals surface area (Å²) in [5.74, 6) is 1.04. The molecule has 1 aliphatic heterocycles. The number of hydrogen-bond donors (Lipinski definition) is 1. The van der Waals surface area contributed by atoms with Gasteiger partial charge in [0.05, 0.1) is 6.10 Å². The number of likely N-dealkylation sites (tertiary alicyclic amines) is 1. The van der Waals surface area contributed by atoms with Gasteiger partial charge in [0, 0.05) is 22.6 Å². The lowest BCUT2D eigenvalue weighted by Gasteiger charge is -2.39. The predicted molar refractivity (Wildman–Crippen MR) is 145 cm³/mol. The molecule has 1 N–H and O–H groups in total. The fraction of sp³-hybridized carbons (Fsp3) is 0.379. The number of aliphatic hydroxyl groups is 1. The van der Waals surface area contributed by atoms with Crippen LogP contribution in [0.4, 0.5) is 0 Å². The van der Waals surface area contributed by atoms with E-state index in [9.17, 15) is 5.11 Å². The lowest BCUT2D eigenvalue weighted by molar-refractivity contribution is 0.0958. The number of nitrogens with zero attached hydrogens (tertiary/aromatic N) is 1. The summed E-state index contributed by atoms with van der Waals surface area (Å²) in [6.45, 7) is 15.3. The minimum Gasteiger partial charge on any atom is -0.388 e. The number of aliphatic hydroxyl groups excluding tert-OH is 1. The van der Waals surface area contributed by atoms with E-state index in [0.717, 1.165) is 63.5 Å². The molecule has 0 radical (unpaired) electrons. The minimum atomic E-state index is -0.533. The summed E-state index contributed by atoms with van der Waals surface area (Å²) < 4.78 is 1.00. The van der Waals surface area contributed by atoms with Crippen LogP contribution in [0.3, 0.4) is 0 Å². The zero-order valence-corrected chi connectivity index (χ0v) is 22.0. The summed E-state index contributed by atoms with van der Waals surface area (Å²) in [6, 6.07) is 14.1. The lowest BCUT2D eigenvalue weighted by atomic mass is 9.77. The van der Waals surface area contributed by atoms with Crippen LogP contribution < -0.4 is 10.4 Å². The first-order valence-corrected chi connectivity index (χ1v) is 12.9. The SMILES string of the molecule is C=CC1CN(Cc2ccc(Br)cc2Cl)CCC1CC(C)[C@H](O)C(/C=C\C)=c1\ccccc1=C. The number of rotatable bonds is 8. The highest BCUT2D eigenvalue weighted by Gasteiger charge is 2.31. The molecule has 0 amide bonds. The number of hydrogen-bond acceptors (Lipinski definition) is 2. The second kappa shape index (κ2) is 12.2. The molecule has 1 aliphatic rings. The van der Waals surface area contributed by atoms with E-state index < -0.39 is 6.10 Å². The maximum Gasteiger partial charge on any atom is 0.0821 e. The average molecular weight is 529 g/mol. The predicted octanol–water partition coefficient (Wildman–Crippen LogP) is 5.95. The van der Waals surface area contributed by atoms with E-state index in [0.29, 0.717) is 11.8 Å². The van der Waals surface area contributed by atoms with Gasteiger partial charge >= 0.3 is 0 Å². The Labute approximate surface area is 212 Å².